The van der Waals surface area contributed by atoms with Crippen LogP contribution in [0.1, 0.15) is 1.43 Å². The molecule has 0 spiro atoms. The van der Waals surface area contributed by atoms with Gasteiger partial charge in [-0.2, -0.15) is 0 Å². The van der Waals surface area contributed by atoms with E-state index < -0.39 is 0 Å². The number of hydrogen-bond acceptors (Lipinski definition) is 1. The van der Waals surface area contributed by atoms with Crippen LogP contribution in [0.15, 0.2) is 0 Å². The van der Waals surface area contributed by atoms with E-state index in [2.05, 4.69) is 6.57 Å². The van der Waals surface area contributed by atoms with Crippen molar-refractivity contribution in [3.05, 3.63) is 0 Å². The smallest absolute Gasteiger partial charge is 1.00 e. The molecule has 4 heavy (non-hydrogen) atoms. The van der Waals surface area contributed by atoms with Crippen LogP contribution >= 0.6 is 0 Å². The summed E-state index contributed by atoms with van der Waals surface area (Å²) in [5.41, 5.74) is 0. The molecule has 0 bridgehead atoms. The van der Waals surface area contributed by atoms with Gasteiger partial charge < -0.3 is 1.43 Å². The van der Waals surface area contributed by atoms with Gasteiger partial charge >= 0.3 is 29.6 Å². The fraction of sp³-hybridized carbons (Fsp3) is 0. The minimum Gasteiger partial charge on any atom is -1.00 e. The average Bonchev–Trinajstić information content (AvgIpc) is 1.00. The maximum atomic E-state index is 6.50. The normalized spacial score (nSPS) is 0.500. The van der Waals surface area contributed by atoms with Gasteiger partial charge in [0.2, 0.25) is 0 Å². The van der Waals surface area contributed by atoms with Gasteiger partial charge in [0.05, 0.1) is 0 Å². The zero-order valence-corrected chi connectivity index (χ0v) is 4.60. The summed E-state index contributed by atoms with van der Waals surface area (Å²) in [7, 11) is 0. The fourth-order valence-corrected chi connectivity index (χ4v) is 0. The standard InChI is InChI=1S/CHN.B.Na.H/c1-2;;;/h1H;;;/q;;+1;-1. The molecule has 1 nitrogen and oxygen atoms in total. The molecular formula is CH2BNNa. The van der Waals surface area contributed by atoms with E-state index in [1.165, 1.54) is 0 Å². The third-order valence-electron chi connectivity index (χ3n) is 0. The molecule has 3 heteroatoms. The second-order valence-electron chi connectivity index (χ2n) is 0. The first-order valence-electron chi connectivity index (χ1n) is 0.258. The van der Waals surface area contributed by atoms with Gasteiger partial charge in [-0.1, -0.05) is 0 Å². The molecule has 0 aromatic carbocycles. The van der Waals surface area contributed by atoms with Crippen LogP contribution in [0.5, 0.6) is 0 Å². The molecule has 0 aliphatic carbocycles. The van der Waals surface area contributed by atoms with E-state index in [0.29, 0.717) is 0 Å². The van der Waals surface area contributed by atoms with Gasteiger partial charge in [0, 0.05) is 15.0 Å². The molecule has 0 rings (SSSR count). The Kier molecular flexibility index (Phi) is 449. The van der Waals surface area contributed by atoms with E-state index in [-0.39, 0.29) is 39.4 Å². The summed E-state index contributed by atoms with van der Waals surface area (Å²) in [6, 6.07) is 0. The van der Waals surface area contributed by atoms with E-state index in [0.717, 1.165) is 0 Å². The zero-order chi connectivity index (χ0) is 2.00. The molecule has 0 saturated carbocycles. The van der Waals surface area contributed by atoms with Gasteiger partial charge in [-0.05, 0) is 0 Å². The summed E-state index contributed by atoms with van der Waals surface area (Å²) in [5, 5.41) is 6.50. The number of nitriles is 1. The summed E-state index contributed by atoms with van der Waals surface area (Å²) in [6.45, 7) is 3.50. The van der Waals surface area contributed by atoms with Crippen molar-refractivity contribution in [2.24, 2.45) is 0 Å². The quantitative estimate of drug-likeness (QED) is 0.272. The van der Waals surface area contributed by atoms with Crippen LogP contribution < -0.4 is 29.6 Å². The fourth-order valence-electron chi connectivity index (χ4n) is 0. The van der Waals surface area contributed by atoms with Crippen LogP contribution in [0.4, 0.5) is 0 Å². The monoisotopic (exact) mass is 62.0 g/mol. The molecule has 0 fully saturated rings. The molecule has 0 aliphatic rings. The summed E-state index contributed by atoms with van der Waals surface area (Å²) < 4.78 is 0. The van der Waals surface area contributed by atoms with E-state index in [9.17, 15) is 0 Å². The minimum absolute atomic E-state index is 0. The van der Waals surface area contributed by atoms with Crippen molar-refractivity contribution in [2.45, 2.75) is 0 Å². The zero-order valence-electron chi connectivity index (χ0n) is 3.60. The Balaban J connectivity index is -0.00000000167. The molecule has 0 saturated heterocycles. The van der Waals surface area contributed by atoms with Gasteiger partial charge in [-0.3, -0.25) is 0 Å². The van der Waals surface area contributed by atoms with E-state index in [1.807, 2.05) is 0 Å². The number of nitrogens with zero attached hydrogens (tertiary/aromatic N) is 1. The topological polar surface area (TPSA) is 23.8 Å². The van der Waals surface area contributed by atoms with Crippen LogP contribution in [0.25, 0.3) is 0 Å². The predicted octanol–water partition coefficient (Wildman–Crippen LogP) is -3.12. The van der Waals surface area contributed by atoms with Gasteiger partial charge in [0.1, 0.15) is 0 Å². The van der Waals surface area contributed by atoms with E-state index >= 15 is 0 Å². The van der Waals surface area contributed by atoms with Gasteiger partial charge in [0.15, 0.2) is 0 Å². The number of hydrogen-bond donors (Lipinski definition) is 0. The molecule has 0 aromatic heterocycles. The van der Waals surface area contributed by atoms with Gasteiger partial charge in [0.25, 0.3) is 0 Å². The van der Waals surface area contributed by atoms with Crippen LogP contribution in [0.3, 0.4) is 0 Å². The molecule has 0 amide bonds. The Labute approximate surface area is 51.4 Å². The van der Waals surface area contributed by atoms with Crippen LogP contribution in [0.2, 0.25) is 0 Å². The van der Waals surface area contributed by atoms with Gasteiger partial charge in [-0.25, -0.2) is 5.26 Å². The summed E-state index contributed by atoms with van der Waals surface area (Å²) in [4.78, 5) is 0. The Morgan fingerprint density at radius 1 is 1.50 bits per heavy atom. The molecular weight excluding hydrogens is 59.8 g/mol. The van der Waals surface area contributed by atoms with Crippen LogP contribution in [-0.4, -0.2) is 8.41 Å². The molecule has 0 heterocycles. The number of rotatable bonds is 0. The second kappa shape index (κ2) is 75.4. The van der Waals surface area contributed by atoms with Crippen molar-refractivity contribution in [1.29, 1.82) is 5.26 Å². The van der Waals surface area contributed by atoms with Gasteiger partial charge in [-0.15, -0.1) is 0 Å². The van der Waals surface area contributed by atoms with Crippen molar-refractivity contribution in [3.8, 4) is 6.57 Å². The van der Waals surface area contributed by atoms with Crippen molar-refractivity contribution < 1.29 is 31.0 Å². The van der Waals surface area contributed by atoms with Crippen molar-refractivity contribution >= 4 is 8.41 Å². The van der Waals surface area contributed by atoms with Crippen LogP contribution in [-0.2, 0) is 0 Å². The van der Waals surface area contributed by atoms with Crippen molar-refractivity contribution in [3.63, 3.8) is 0 Å². The first-order valence-corrected chi connectivity index (χ1v) is 0.258. The Hall–Kier alpha value is 0.555. The van der Waals surface area contributed by atoms with Crippen LogP contribution in [0, 0.1) is 11.8 Å². The third-order valence-corrected chi connectivity index (χ3v) is 0. The first-order chi connectivity index (χ1) is 1.00. The SMILES string of the molecule is C#N.[B].[H-].[Na+]. The maximum absolute atomic E-state index is 6.50. The third kappa shape index (κ3) is 20.1. The largest absolute Gasteiger partial charge is 1.00 e. The molecule has 3 radical (unpaired) electrons. The second-order valence-corrected chi connectivity index (χ2v) is 0. The molecule has 0 atom stereocenters. The Bertz CT molecular complexity index is 16.4. The summed E-state index contributed by atoms with van der Waals surface area (Å²) in [5.74, 6) is 0. The van der Waals surface area contributed by atoms with E-state index in [1.54, 1.807) is 0 Å². The molecule has 15 valence electrons. The van der Waals surface area contributed by atoms with Crippen molar-refractivity contribution in [2.75, 3.05) is 0 Å². The van der Waals surface area contributed by atoms with Crippen molar-refractivity contribution in [1.82, 2.24) is 0 Å². The Morgan fingerprint density at radius 2 is 1.50 bits per heavy atom. The Morgan fingerprint density at radius 3 is 1.50 bits per heavy atom. The first kappa shape index (κ1) is 23.8. The minimum atomic E-state index is 0. The average molecular weight is 61.8 g/mol. The molecule has 0 aromatic rings. The molecule has 0 unspecified atom stereocenters. The molecule has 0 N–H and O–H groups in total. The summed E-state index contributed by atoms with van der Waals surface area (Å²) in [6.07, 6.45) is 0. The molecule has 0 aliphatic heterocycles. The summed E-state index contributed by atoms with van der Waals surface area (Å²) >= 11 is 0. The maximum Gasteiger partial charge on any atom is 1.00 e. The van der Waals surface area contributed by atoms with E-state index in [4.69, 9.17) is 5.26 Å². The predicted molar refractivity (Wildman–Crippen MR) is 13.5 cm³/mol.